The summed E-state index contributed by atoms with van der Waals surface area (Å²) in [4.78, 5) is 7.16. The van der Waals surface area contributed by atoms with E-state index < -0.39 is 0 Å². The number of ether oxygens (including phenoxy) is 1. The van der Waals surface area contributed by atoms with Crippen LogP contribution in [0.5, 0.6) is 5.75 Å². The molecule has 0 unspecified atom stereocenters. The van der Waals surface area contributed by atoms with Crippen molar-refractivity contribution in [1.29, 1.82) is 0 Å². The van der Waals surface area contributed by atoms with Crippen molar-refractivity contribution in [3.63, 3.8) is 0 Å². The Balaban J connectivity index is 1.49. The number of benzene rings is 1. The predicted octanol–water partition coefficient (Wildman–Crippen LogP) is 2.50. The zero-order valence-corrected chi connectivity index (χ0v) is 10.7. The maximum atomic E-state index is 12.7. The molecule has 1 aromatic heterocycles. The molecule has 0 saturated heterocycles. The number of aromatic nitrogens is 2. The summed E-state index contributed by atoms with van der Waals surface area (Å²) in [5, 5.41) is 3.30. The lowest BCUT2D eigenvalue weighted by Crippen LogP contribution is -2.16. The summed E-state index contributed by atoms with van der Waals surface area (Å²) in [6.07, 6.45) is 5.55. The standard InChI is InChI=1S/C14H18FN3O/c15-12-3-5-13(6-4-12)19-10-2-1-7-16-11-14-17-8-9-18-14/h3-6,8-9,16H,1-2,7,10-11H2,(H,17,18). The van der Waals surface area contributed by atoms with Crippen LogP contribution in [0.3, 0.4) is 0 Å². The van der Waals surface area contributed by atoms with Gasteiger partial charge >= 0.3 is 0 Å². The molecular formula is C14H18FN3O. The van der Waals surface area contributed by atoms with Crippen LogP contribution in [0.15, 0.2) is 36.7 Å². The number of hydrogen-bond acceptors (Lipinski definition) is 3. The molecule has 1 aromatic carbocycles. The summed E-state index contributed by atoms with van der Waals surface area (Å²) in [7, 11) is 0. The van der Waals surface area contributed by atoms with Gasteiger partial charge in [0.15, 0.2) is 0 Å². The molecule has 0 fully saturated rings. The van der Waals surface area contributed by atoms with E-state index in [4.69, 9.17) is 4.74 Å². The number of nitrogens with zero attached hydrogens (tertiary/aromatic N) is 1. The van der Waals surface area contributed by atoms with Gasteiger partial charge in [0.1, 0.15) is 17.4 Å². The summed E-state index contributed by atoms with van der Waals surface area (Å²) in [6, 6.07) is 6.09. The van der Waals surface area contributed by atoms with Gasteiger partial charge in [0.05, 0.1) is 13.2 Å². The average molecular weight is 263 g/mol. The first-order valence-electron chi connectivity index (χ1n) is 6.42. The molecule has 2 N–H and O–H groups in total. The molecule has 0 radical (unpaired) electrons. The molecule has 0 bridgehead atoms. The lowest BCUT2D eigenvalue weighted by atomic mass is 10.3. The SMILES string of the molecule is Fc1ccc(OCCCCNCc2ncc[nH]2)cc1. The number of H-pyrrole nitrogens is 1. The fourth-order valence-corrected chi connectivity index (χ4v) is 1.67. The first-order chi connectivity index (χ1) is 9.34. The second-order valence-corrected chi connectivity index (χ2v) is 4.22. The number of aromatic amines is 1. The van der Waals surface area contributed by atoms with Gasteiger partial charge in [-0.25, -0.2) is 9.37 Å². The zero-order valence-electron chi connectivity index (χ0n) is 10.7. The van der Waals surface area contributed by atoms with E-state index in [-0.39, 0.29) is 5.82 Å². The third-order valence-corrected chi connectivity index (χ3v) is 2.68. The summed E-state index contributed by atoms with van der Waals surface area (Å²) >= 11 is 0. The first-order valence-corrected chi connectivity index (χ1v) is 6.42. The van der Waals surface area contributed by atoms with Crippen LogP contribution in [0.2, 0.25) is 0 Å². The minimum atomic E-state index is -0.241. The molecule has 1 heterocycles. The van der Waals surface area contributed by atoms with Crippen LogP contribution in [-0.2, 0) is 6.54 Å². The molecule has 0 atom stereocenters. The van der Waals surface area contributed by atoms with Crippen molar-refractivity contribution in [1.82, 2.24) is 15.3 Å². The molecule has 0 saturated carbocycles. The monoisotopic (exact) mass is 263 g/mol. The van der Waals surface area contributed by atoms with E-state index in [1.54, 1.807) is 18.3 Å². The number of halogens is 1. The maximum Gasteiger partial charge on any atom is 0.123 e. The normalized spacial score (nSPS) is 10.6. The first kappa shape index (κ1) is 13.5. The van der Waals surface area contributed by atoms with Gasteiger partial charge in [-0.05, 0) is 43.7 Å². The van der Waals surface area contributed by atoms with Crippen LogP contribution >= 0.6 is 0 Å². The highest BCUT2D eigenvalue weighted by Crippen LogP contribution is 2.11. The summed E-state index contributed by atoms with van der Waals surface area (Å²) in [5.41, 5.74) is 0. The van der Waals surface area contributed by atoms with Crippen molar-refractivity contribution in [2.75, 3.05) is 13.2 Å². The van der Waals surface area contributed by atoms with E-state index in [1.807, 2.05) is 6.20 Å². The predicted molar refractivity (Wildman–Crippen MR) is 71.4 cm³/mol. The average Bonchev–Trinajstić information content (AvgIpc) is 2.93. The fourth-order valence-electron chi connectivity index (χ4n) is 1.67. The number of hydrogen-bond donors (Lipinski definition) is 2. The van der Waals surface area contributed by atoms with E-state index in [0.29, 0.717) is 12.4 Å². The van der Waals surface area contributed by atoms with Crippen LogP contribution in [-0.4, -0.2) is 23.1 Å². The van der Waals surface area contributed by atoms with Crippen LogP contribution in [0.1, 0.15) is 18.7 Å². The van der Waals surface area contributed by atoms with Gasteiger partial charge in [-0.15, -0.1) is 0 Å². The highest BCUT2D eigenvalue weighted by molar-refractivity contribution is 5.21. The van der Waals surface area contributed by atoms with Gasteiger partial charge in [0, 0.05) is 12.4 Å². The Morgan fingerprint density at radius 1 is 1.21 bits per heavy atom. The maximum absolute atomic E-state index is 12.7. The van der Waals surface area contributed by atoms with Gasteiger partial charge in [-0.3, -0.25) is 0 Å². The van der Waals surface area contributed by atoms with Crippen LogP contribution < -0.4 is 10.1 Å². The number of imidazole rings is 1. The molecule has 2 rings (SSSR count). The molecule has 0 spiro atoms. The lowest BCUT2D eigenvalue weighted by Gasteiger charge is -2.06. The topological polar surface area (TPSA) is 49.9 Å². The second kappa shape index (κ2) is 7.53. The molecule has 2 aromatic rings. The molecular weight excluding hydrogens is 245 g/mol. The van der Waals surface area contributed by atoms with E-state index in [0.717, 1.165) is 31.8 Å². The van der Waals surface area contributed by atoms with Crippen LogP contribution in [0.25, 0.3) is 0 Å². The van der Waals surface area contributed by atoms with E-state index >= 15 is 0 Å². The van der Waals surface area contributed by atoms with E-state index in [2.05, 4.69) is 15.3 Å². The summed E-state index contributed by atoms with van der Waals surface area (Å²) < 4.78 is 18.2. The quantitative estimate of drug-likeness (QED) is 0.719. The zero-order chi connectivity index (χ0) is 13.3. The number of unbranched alkanes of at least 4 members (excludes halogenated alkanes) is 1. The summed E-state index contributed by atoms with van der Waals surface area (Å²) in [6.45, 7) is 2.33. The van der Waals surface area contributed by atoms with Crippen LogP contribution in [0.4, 0.5) is 4.39 Å². The molecule has 0 aliphatic rings. The smallest absolute Gasteiger partial charge is 0.123 e. The largest absolute Gasteiger partial charge is 0.494 e. The highest BCUT2D eigenvalue weighted by atomic mass is 19.1. The van der Waals surface area contributed by atoms with Crippen molar-refractivity contribution in [2.24, 2.45) is 0 Å². The van der Waals surface area contributed by atoms with E-state index in [1.165, 1.54) is 12.1 Å². The Bertz CT molecular complexity index is 456. The Kier molecular flexibility index (Phi) is 5.37. The summed E-state index contributed by atoms with van der Waals surface area (Å²) in [5.74, 6) is 1.42. The minimum Gasteiger partial charge on any atom is -0.494 e. The Labute approximate surface area is 112 Å². The van der Waals surface area contributed by atoms with Crippen molar-refractivity contribution >= 4 is 0 Å². The van der Waals surface area contributed by atoms with E-state index in [9.17, 15) is 4.39 Å². The van der Waals surface area contributed by atoms with Crippen molar-refractivity contribution in [3.05, 3.63) is 48.3 Å². The molecule has 4 nitrogen and oxygen atoms in total. The van der Waals surface area contributed by atoms with Crippen LogP contribution in [0, 0.1) is 5.82 Å². The molecule has 0 amide bonds. The van der Waals surface area contributed by atoms with Gasteiger partial charge in [0.25, 0.3) is 0 Å². The molecule has 102 valence electrons. The third kappa shape index (κ3) is 5.09. The fraction of sp³-hybridized carbons (Fsp3) is 0.357. The van der Waals surface area contributed by atoms with Gasteiger partial charge in [-0.2, -0.15) is 0 Å². The van der Waals surface area contributed by atoms with Crippen molar-refractivity contribution < 1.29 is 9.13 Å². The molecule has 5 heteroatoms. The Morgan fingerprint density at radius 3 is 2.79 bits per heavy atom. The van der Waals surface area contributed by atoms with Crippen molar-refractivity contribution in [3.8, 4) is 5.75 Å². The molecule has 0 aliphatic heterocycles. The molecule has 0 aliphatic carbocycles. The second-order valence-electron chi connectivity index (χ2n) is 4.22. The lowest BCUT2D eigenvalue weighted by molar-refractivity contribution is 0.305. The van der Waals surface area contributed by atoms with Gasteiger partial charge in [0.2, 0.25) is 0 Å². The third-order valence-electron chi connectivity index (χ3n) is 2.68. The Hall–Kier alpha value is -1.88. The Morgan fingerprint density at radius 2 is 2.05 bits per heavy atom. The van der Waals surface area contributed by atoms with Gasteiger partial charge < -0.3 is 15.0 Å². The highest BCUT2D eigenvalue weighted by Gasteiger charge is 1.96. The minimum absolute atomic E-state index is 0.241. The number of nitrogens with one attached hydrogen (secondary N) is 2. The van der Waals surface area contributed by atoms with Crippen molar-refractivity contribution in [2.45, 2.75) is 19.4 Å². The molecule has 19 heavy (non-hydrogen) atoms. The number of rotatable bonds is 8. The van der Waals surface area contributed by atoms with Gasteiger partial charge in [-0.1, -0.05) is 0 Å².